The second-order valence-corrected chi connectivity index (χ2v) is 16.4. The van der Waals surface area contributed by atoms with E-state index in [1.54, 1.807) is 26.0 Å². The molecular weight excluding hydrogens is 792 g/mol. The molecule has 0 N–H and O–H groups in total. The molecule has 15 nitrogen and oxygen atoms in total. The van der Waals surface area contributed by atoms with Crippen LogP contribution < -0.4 is 10.4 Å². The first kappa shape index (κ1) is 52.1. The van der Waals surface area contributed by atoms with E-state index in [1.165, 1.54) is 58.1 Å². The van der Waals surface area contributed by atoms with Gasteiger partial charge in [-0.2, -0.15) is 0 Å². The van der Waals surface area contributed by atoms with Crippen molar-refractivity contribution >= 4 is 35.8 Å². The summed E-state index contributed by atoms with van der Waals surface area (Å²) >= 11 is 0. The fourth-order valence-corrected chi connectivity index (χ4v) is 7.17. The molecule has 7 atom stereocenters. The van der Waals surface area contributed by atoms with E-state index in [-0.39, 0.29) is 42.6 Å². The van der Waals surface area contributed by atoms with Crippen molar-refractivity contribution in [2.75, 3.05) is 13.2 Å². The van der Waals surface area contributed by atoms with Crippen molar-refractivity contribution in [3.63, 3.8) is 0 Å². The van der Waals surface area contributed by atoms with Crippen molar-refractivity contribution in [3.05, 3.63) is 63.3 Å². The monoisotopic (exact) mass is 858 g/mol. The molecule has 0 spiro atoms. The lowest BCUT2D eigenvalue weighted by molar-refractivity contribution is -0.215. The summed E-state index contributed by atoms with van der Waals surface area (Å²) in [7, 11) is 0. The summed E-state index contributed by atoms with van der Waals surface area (Å²) in [6.45, 7) is 18.6. The Hall–Kier alpha value is -5.05. The zero-order chi connectivity index (χ0) is 46.0. The highest BCUT2D eigenvalue weighted by Crippen LogP contribution is 2.41. The van der Waals surface area contributed by atoms with Crippen molar-refractivity contribution in [3.8, 4) is 5.75 Å². The molecular formula is C46H66O15. The number of hydrogen-bond acceptors (Lipinski definition) is 15. The molecule has 1 aromatic rings. The van der Waals surface area contributed by atoms with Crippen LogP contribution in [-0.2, 0) is 62.6 Å². The predicted molar refractivity (Wildman–Crippen MR) is 224 cm³/mol. The minimum atomic E-state index is -1.53. The van der Waals surface area contributed by atoms with Crippen LogP contribution in [0, 0.1) is 11.8 Å². The fourth-order valence-electron chi connectivity index (χ4n) is 7.17. The third kappa shape index (κ3) is 18.2. The molecule has 0 amide bonds. The Balaban J connectivity index is 2.64. The second kappa shape index (κ2) is 25.0. The van der Waals surface area contributed by atoms with E-state index in [4.69, 9.17) is 37.6 Å². The first-order valence-corrected chi connectivity index (χ1v) is 20.9. The maximum Gasteiger partial charge on any atom is 0.345 e. The third-order valence-electron chi connectivity index (χ3n) is 9.93. The molecule has 0 saturated carbocycles. The minimum Gasteiger partial charge on any atom is -0.465 e. The summed E-state index contributed by atoms with van der Waals surface area (Å²) in [5.41, 5.74) is -0.802. The summed E-state index contributed by atoms with van der Waals surface area (Å²) in [4.78, 5) is 87.1. The highest BCUT2D eigenvalue weighted by molar-refractivity contribution is 5.70. The summed E-state index contributed by atoms with van der Waals surface area (Å²) in [6, 6.07) is 1.28. The van der Waals surface area contributed by atoms with Crippen LogP contribution in [0.1, 0.15) is 145 Å². The van der Waals surface area contributed by atoms with Crippen LogP contribution in [0.5, 0.6) is 5.75 Å². The molecule has 1 aromatic heterocycles. The van der Waals surface area contributed by atoms with Gasteiger partial charge in [0.05, 0.1) is 11.5 Å². The Labute approximate surface area is 359 Å². The Morgan fingerprint density at radius 3 is 2.07 bits per heavy atom. The lowest BCUT2D eigenvalue weighted by Crippen LogP contribution is -2.50. The maximum absolute atomic E-state index is 14.1. The first-order valence-electron chi connectivity index (χ1n) is 20.9. The Morgan fingerprint density at radius 2 is 1.49 bits per heavy atom. The maximum atomic E-state index is 14.1. The lowest BCUT2D eigenvalue weighted by atomic mass is 9.82. The molecule has 1 fully saturated rings. The molecule has 1 aliphatic rings. The van der Waals surface area contributed by atoms with Gasteiger partial charge >= 0.3 is 41.4 Å². The van der Waals surface area contributed by atoms with Gasteiger partial charge in [-0.3, -0.25) is 28.8 Å². The van der Waals surface area contributed by atoms with Gasteiger partial charge in [-0.15, -0.1) is 0 Å². The number of carbonyl (C=O) groups is 6. The molecule has 0 aliphatic carbocycles. The van der Waals surface area contributed by atoms with Gasteiger partial charge in [-0.1, -0.05) is 75.3 Å². The van der Waals surface area contributed by atoms with Crippen molar-refractivity contribution in [2.24, 2.45) is 11.8 Å². The van der Waals surface area contributed by atoms with Crippen LogP contribution in [0.2, 0.25) is 0 Å². The molecule has 15 heteroatoms. The number of carbonyl (C=O) groups excluding carboxylic acids is 6. The van der Waals surface area contributed by atoms with Gasteiger partial charge in [0.25, 0.3) is 0 Å². The quantitative estimate of drug-likeness (QED) is 0.0362. The molecule has 3 unspecified atom stereocenters. The number of allylic oxidation sites excluding steroid dienone is 3. The average molecular weight is 859 g/mol. The zero-order valence-corrected chi connectivity index (χ0v) is 37.9. The molecule has 1 saturated heterocycles. The van der Waals surface area contributed by atoms with Gasteiger partial charge in [0, 0.05) is 59.9 Å². The van der Waals surface area contributed by atoms with E-state index in [1.807, 2.05) is 13.0 Å². The van der Waals surface area contributed by atoms with Gasteiger partial charge in [-0.25, -0.2) is 4.79 Å². The lowest BCUT2D eigenvalue weighted by Gasteiger charge is -2.40. The Morgan fingerprint density at radius 1 is 0.836 bits per heavy atom. The average Bonchev–Trinajstić information content (AvgIpc) is 3.13. The van der Waals surface area contributed by atoms with Crippen LogP contribution in [0.15, 0.2) is 50.7 Å². The smallest absolute Gasteiger partial charge is 0.345 e. The normalized spacial score (nSPS) is 19.9. The van der Waals surface area contributed by atoms with Gasteiger partial charge in [0.1, 0.15) is 48.6 Å². The van der Waals surface area contributed by atoms with E-state index < -0.39 is 77.4 Å². The van der Waals surface area contributed by atoms with Crippen molar-refractivity contribution in [1.82, 2.24) is 0 Å². The van der Waals surface area contributed by atoms with Gasteiger partial charge in [0.2, 0.25) is 0 Å². The number of rotatable bonds is 22. The van der Waals surface area contributed by atoms with Crippen LogP contribution in [0.4, 0.5) is 0 Å². The number of unbranched alkanes of at least 4 members (excludes halogenated alkanes) is 3. The van der Waals surface area contributed by atoms with Crippen molar-refractivity contribution in [1.29, 1.82) is 0 Å². The number of ether oxygens (including phenoxy) is 7. The van der Waals surface area contributed by atoms with E-state index in [2.05, 4.69) is 26.8 Å². The molecule has 0 radical (unpaired) electrons. The van der Waals surface area contributed by atoms with E-state index >= 15 is 0 Å². The minimum absolute atomic E-state index is 0.0574. The van der Waals surface area contributed by atoms with Crippen molar-refractivity contribution < 1.29 is 66.3 Å². The first-order chi connectivity index (χ1) is 28.5. The number of esters is 6. The summed E-state index contributed by atoms with van der Waals surface area (Å²) in [6.07, 6.45) is 8.07. The Bertz CT molecular complexity index is 1830. The van der Waals surface area contributed by atoms with Gasteiger partial charge in [0.15, 0.2) is 6.10 Å². The third-order valence-corrected chi connectivity index (χ3v) is 9.93. The van der Waals surface area contributed by atoms with Crippen LogP contribution in [0.25, 0.3) is 0 Å². The van der Waals surface area contributed by atoms with E-state index in [9.17, 15) is 33.6 Å². The SMILES string of the molecule is CCCCCCC(C)C/C(C)=C\C(/C=C(C)/C=C/C(OC(C)=O)C(C)(C)c1cc(OC(C)=O)c([C@@H]2O[C@H](COC(C)=O)C[C@H](OC(C)=O)[C@H]2OC(C)=O)c(=O)o1)COC(C)=O. The summed E-state index contributed by atoms with van der Waals surface area (Å²) < 4.78 is 44.9. The highest BCUT2D eigenvalue weighted by atomic mass is 16.6. The number of hydrogen-bond donors (Lipinski definition) is 0. The summed E-state index contributed by atoms with van der Waals surface area (Å²) in [5.74, 6) is -4.12. The fraction of sp³-hybridized carbons (Fsp3) is 0.630. The van der Waals surface area contributed by atoms with Gasteiger partial charge < -0.3 is 37.6 Å². The van der Waals surface area contributed by atoms with Crippen molar-refractivity contribution in [2.45, 2.75) is 164 Å². The topological polar surface area (TPSA) is 197 Å². The van der Waals surface area contributed by atoms with Crippen LogP contribution in [0.3, 0.4) is 0 Å². The standard InChI is InChI=1S/C46H66O15/c1-13-14-15-16-17-27(2)20-29(4)22-36(25-54-30(5)47)21-28(3)18-19-40(58-34(9)51)46(11,12)41-24-38(56-32(7)49)42(45(53)61-41)44-43(59-35(10)52)39(57-33(8)50)23-37(60-44)26-55-31(6)48/h18-19,21-22,24,27,36-37,39-40,43-44H,13-17,20,23,25-26H2,1-12H3/b19-18+,28-21+,29-22-/t27?,36?,37-,39-,40?,43+,44-/m0/s1. The van der Waals surface area contributed by atoms with Gasteiger partial charge in [-0.05, 0) is 46.1 Å². The molecule has 2 rings (SSSR count). The second-order valence-electron chi connectivity index (χ2n) is 16.4. The predicted octanol–water partition coefficient (Wildman–Crippen LogP) is 7.66. The zero-order valence-electron chi connectivity index (χ0n) is 37.9. The Kier molecular flexibility index (Phi) is 21.4. The molecule has 61 heavy (non-hydrogen) atoms. The molecule has 1 aliphatic heterocycles. The molecule has 340 valence electrons. The molecule has 2 heterocycles. The highest BCUT2D eigenvalue weighted by Gasteiger charge is 2.47. The van der Waals surface area contributed by atoms with Crippen LogP contribution in [-0.4, -0.2) is 73.4 Å². The van der Waals surface area contributed by atoms with E-state index in [0.29, 0.717) is 5.92 Å². The summed E-state index contributed by atoms with van der Waals surface area (Å²) in [5, 5.41) is 0. The molecule has 0 aromatic carbocycles. The molecule has 0 bridgehead atoms. The van der Waals surface area contributed by atoms with Crippen LogP contribution >= 0.6 is 0 Å². The largest absolute Gasteiger partial charge is 0.465 e. The van der Waals surface area contributed by atoms with E-state index in [0.717, 1.165) is 39.2 Å².